The Kier molecular flexibility index (Phi) is 5.02. The summed E-state index contributed by atoms with van der Waals surface area (Å²) < 4.78 is 0. The molecule has 114 valence electrons. The van der Waals surface area contributed by atoms with Crippen LogP contribution in [0.1, 0.15) is 32.1 Å². The van der Waals surface area contributed by atoms with Gasteiger partial charge in [-0.1, -0.05) is 6.42 Å². The average Bonchev–Trinajstić information content (AvgIpc) is 2.90. The third kappa shape index (κ3) is 3.51. The molecule has 0 unspecified atom stereocenters. The zero-order chi connectivity index (χ0) is 14.7. The van der Waals surface area contributed by atoms with Crippen molar-refractivity contribution in [1.82, 2.24) is 9.80 Å². The molecule has 1 N–H and O–H groups in total. The lowest BCUT2D eigenvalue weighted by Crippen LogP contribution is -2.41. The zero-order valence-corrected chi connectivity index (χ0v) is 12.5. The quantitative estimate of drug-likeness (QED) is 0.844. The molecule has 0 aromatic carbocycles. The van der Waals surface area contributed by atoms with Crippen molar-refractivity contribution in [2.45, 2.75) is 32.1 Å². The molecule has 20 heavy (non-hydrogen) atoms. The molecule has 5 heteroatoms. The largest absolute Gasteiger partial charge is 0.481 e. The first-order valence-corrected chi connectivity index (χ1v) is 7.65. The van der Waals surface area contributed by atoms with Crippen LogP contribution < -0.4 is 0 Å². The Labute approximate surface area is 120 Å². The second-order valence-electron chi connectivity index (χ2n) is 6.45. The summed E-state index contributed by atoms with van der Waals surface area (Å²) in [5.41, 5.74) is 0. The van der Waals surface area contributed by atoms with E-state index in [1.165, 1.54) is 0 Å². The highest BCUT2D eigenvalue weighted by molar-refractivity contribution is 5.85. The van der Waals surface area contributed by atoms with Crippen molar-refractivity contribution in [2.75, 3.05) is 33.7 Å². The predicted molar refractivity (Wildman–Crippen MR) is 76.3 cm³/mol. The lowest BCUT2D eigenvalue weighted by molar-refractivity contribution is -0.148. The van der Waals surface area contributed by atoms with Crippen molar-refractivity contribution < 1.29 is 14.7 Å². The Morgan fingerprint density at radius 3 is 2.35 bits per heavy atom. The molecule has 1 aliphatic heterocycles. The third-order valence-electron chi connectivity index (χ3n) is 4.90. The van der Waals surface area contributed by atoms with Crippen molar-refractivity contribution in [2.24, 2.45) is 17.8 Å². The molecule has 0 aromatic heterocycles. The molecular formula is C15H26N2O3. The van der Waals surface area contributed by atoms with E-state index in [4.69, 9.17) is 0 Å². The summed E-state index contributed by atoms with van der Waals surface area (Å²) in [7, 11) is 3.96. The van der Waals surface area contributed by atoms with Crippen molar-refractivity contribution >= 4 is 11.9 Å². The van der Waals surface area contributed by atoms with Crippen LogP contribution in [0.4, 0.5) is 0 Å². The smallest absolute Gasteiger partial charge is 0.307 e. The first kappa shape index (κ1) is 15.3. The summed E-state index contributed by atoms with van der Waals surface area (Å²) in [5, 5.41) is 9.19. The number of hydrogen-bond acceptors (Lipinski definition) is 3. The summed E-state index contributed by atoms with van der Waals surface area (Å²) in [4.78, 5) is 27.7. The maximum atomic E-state index is 12.5. The molecule has 5 nitrogen and oxygen atoms in total. The van der Waals surface area contributed by atoms with Gasteiger partial charge in [0, 0.05) is 13.6 Å². The van der Waals surface area contributed by atoms with Crippen LogP contribution in [0.15, 0.2) is 0 Å². The Hall–Kier alpha value is -1.10. The molecular weight excluding hydrogens is 256 g/mol. The van der Waals surface area contributed by atoms with E-state index in [0.29, 0.717) is 12.3 Å². The number of carbonyl (C=O) groups excluding carboxylic acids is 1. The van der Waals surface area contributed by atoms with Gasteiger partial charge >= 0.3 is 5.97 Å². The topological polar surface area (TPSA) is 60.9 Å². The highest BCUT2D eigenvalue weighted by Gasteiger charge is 2.39. The van der Waals surface area contributed by atoms with Crippen LogP contribution in [0, 0.1) is 17.8 Å². The van der Waals surface area contributed by atoms with Crippen LogP contribution in [-0.2, 0) is 9.59 Å². The SMILES string of the molecule is CN1CCC(CN(C)C(=O)[C@@H]2CCC[C@@H]2C(=O)O)CC1. The molecule has 1 saturated carbocycles. The number of likely N-dealkylation sites (tertiary alicyclic amines) is 1. The highest BCUT2D eigenvalue weighted by atomic mass is 16.4. The molecule has 2 rings (SSSR count). The monoisotopic (exact) mass is 282 g/mol. The standard InChI is InChI=1S/C15H26N2O3/c1-16-8-6-11(7-9-16)10-17(2)14(18)12-4-3-5-13(12)15(19)20/h11-13H,3-10H2,1-2H3,(H,19,20)/t12-,13+/m1/s1. The summed E-state index contributed by atoms with van der Waals surface area (Å²) in [6.45, 7) is 2.96. The number of nitrogens with zero attached hydrogens (tertiary/aromatic N) is 2. The van der Waals surface area contributed by atoms with Gasteiger partial charge in [-0.25, -0.2) is 0 Å². The number of piperidine rings is 1. The van der Waals surface area contributed by atoms with Crippen molar-refractivity contribution in [3.05, 3.63) is 0 Å². The van der Waals surface area contributed by atoms with Crippen LogP contribution in [0.25, 0.3) is 0 Å². The average molecular weight is 282 g/mol. The van der Waals surface area contributed by atoms with Crippen LogP contribution in [-0.4, -0.2) is 60.5 Å². The predicted octanol–water partition coefficient (Wildman–Crippen LogP) is 1.29. The number of aliphatic carboxylic acids is 1. The molecule has 1 aliphatic carbocycles. The summed E-state index contributed by atoms with van der Waals surface area (Å²) in [6, 6.07) is 0. The van der Waals surface area contributed by atoms with E-state index in [9.17, 15) is 14.7 Å². The van der Waals surface area contributed by atoms with Crippen LogP contribution in [0.2, 0.25) is 0 Å². The molecule has 2 atom stereocenters. The third-order valence-corrected chi connectivity index (χ3v) is 4.90. The lowest BCUT2D eigenvalue weighted by atomic mass is 9.93. The zero-order valence-electron chi connectivity index (χ0n) is 12.5. The van der Waals surface area contributed by atoms with Crippen molar-refractivity contribution in [3.8, 4) is 0 Å². The van der Waals surface area contributed by atoms with E-state index >= 15 is 0 Å². The van der Waals surface area contributed by atoms with Gasteiger partial charge in [-0.15, -0.1) is 0 Å². The number of carbonyl (C=O) groups is 2. The van der Waals surface area contributed by atoms with E-state index in [2.05, 4.69) is 11.9 Å². The van der Waals surface area contributed by atoms with E-state index < -0.39 is 11.9 Å². The Morgan fingerprint density at radius 1 is 1.15 bits per heavy atom. The second kappa shape index (κ2) is 6.57. The van der Waals surface area contributed by atoms with Gasteiger partial charge < -0.3 is 14.9 Å². The van der Waals surface area contributed by atoms with Gasteiger partial charge in [0.15, 0.2) is 0 Å². The molecule has 2 fully saturated rings. The minimum Gasteiger partial charge on any atom is -0.481 e. The molecule has 1 saturated heterocycles. The maximum Gasteiger partial charge on any atom is 0.307 e. The minimum absolute atomic E-state index is 0.0360. The molecule has 1 heterocycles. The molecule has 0 radical (unpaired) electrons. The van der Waals surface area contributed by atoms with Crippen molar-refractivity contribution in [3.63, 3.8) is 0 Å². The van der Waals surface area contributed by atoms with E-state index in [1.54, 1.807) is 4.90 Å². The van der Waals surface area contributed by atoms with Gasteiger partial charge in [-0.3, -0.25) is 9.59 Å². The van der Waals surface area contributed by atoms with Crippen LogP contribution in [0.5, 0.6) is 0 Å². The fourth-order valence-electron chi connectivity index (χ4n) is 3.56. The molecule has 0 aromatic rings. The first-order valence-electron chi connectivity index (χ1n) is 7.65. The van der Waals surface area contributed by atoms with Gasteiger partial charge in [-0.2, -0.15) is 0 Å². The summed E-state index contributed by atoms with van der Waals surface area (Å²) >= 11 is 0. The number of carboxylic acid groups (broad SMARTS) is 1. The normalized spacial score (nSPS) is 28.5. The van der Waals surface area contributed by atoms with Gasteiger partial charge in [0.25, 0.3) is 0 Å². The molecule has 0 spiro atoms. The van der Waals surface area contributed by atoms with E-state index in [-0.39, 0.29) is 11.8 Å². The molecule has 0 bridgehead atoms. The van der Waals surface area contributed by atoms with E-state index in [1.807, 2.05) is 7.05 Å². The minimum atomic E-state index is -0.812. The Morgan fingerprint density at radius 2 is 1.75 bits per heavy atom. The van der Waals surface area contributed by atoms with Gasteiger partial charge in [0.2, 0.25) is 5.91 Å². The van der Waals surface area contributed by atoms with Crippen LogP contribution in [0.3, 0.4) is 0 Å². The first-order chi connectivity index (χ1) is 9.49. The maximum absolute atomic E-state index is 12.5. The number of carboxylic acids is 1. The molecule has 1 amide bonds. The number of hydrogen-bond donors (Lipinski definition) is 1. The van der Waals surface area contributed by atoms with E-state index in [0.717, 1.165) is 45.3 Å². The number of rotatable bonds is 4. The molecule has 2 aliphatic rings. The van der Waals surface area contributed by atoms with Gasteiger partial charge in [0.05, 0.1) is 11.8 Å². The summed E-state index contributed by atoms with van der Waals surface area (Å²) in [6.07, 6.45) is 4.49. The lowest BCUT2D eigenvalue weighted by Gasteiger charge is -2.32. The second-order valence-corrected chi connectivity index (χ2v) is 6.45. The summed E-state index contributed by atoms with van der Waals surface area (Å²) in [5.74, 6) is -0.988. The van der Waals surface area contributed by atoms with Gasteiger partial charge in [0.1, 0.15) is 0 Å². The van der Waals surface area contributed by atoms with Gasteiger partial charge in [-0.05, 0) is 51.7 Å². The Bertz CT molecular complexity index is 364. The highest BCUT2D eigenvalue weighted by Crippen LogP contribution is 2.33. The number of amides is 1. The fraction of sp³-hybridized carbons (Fsp3) is 0.867. The Balaban J connectivity index is 1.87. The van der Waals surface area contributed by atoms with Crippen LogP contribution >= 0.6 is 0 Å². The van der Waals surface area contributed by atoms with Crippen molar-refractivity contribution in [1.29, 1.82) is 0 Å². The fourth-order valence-corrected chi connectivity index (χ4v) is 3.56.